The average molecular weight is 1080 g/mol. The number of aliphatic hydroxyl groups is 4. The Balaban J connectivity index is 0.00000150. The largest absolute Gasteiger partial charge is 0.400 e. The fourth-order valence-electron chi connectivity index (χ4n) is 19.3. The zero-order valence-corrected chi connectivity index (χ0v) is 51.3. The summed E-state index contributed by atoms with van der Waals surface area (Å²) in [5, 5.41) is 38.0. The van der Waals surface area contributed by atoms with Crippen molar-refractivity contribution in [3.05, 3.63) is 0 Å². The number of hydrogen-bond acceptors (Lipinski definition) is 9. The molecular weight excluding hydrogens is 965 g/mol. The van der Waals surface area contributed by atoms with Crippen molar-refractivity contribution in [1.29, 1.82) is 0 Å². The van der Waals surface area contributed by atoms with Gasteiger partial charge in [0.25, 0.3) is 10.1 Å². The summed E-state index contributed by atoms with van der Waals surface area (Å²) < 4.78 is 31.6. The molecule has 8 aliphatic carbocycles. The van der Waals surface area contributed by atoms with Gasteiger partial charge in [-0.25, -0.2) is 0 Å². The molecule has 0 heterocycles. The van der Waals surface area contributed by atoms with Gasteiger partial charge in [-0.1, -0.05) is 102 Å². The molecule has 2 amide bonds. The molecule has 0 saturated heterocycles. The summed E-state index contributed by atoms with van der Waals surface area (Å²) in [4.78, 5) is 38.1. The number of carbonyl (C=O) groups excluding carboxylic acids is 3. The van der Waals surface area contributed by atoms with Gasteiger partial charge < -0.3 is 35.4 Å². The van der Waals surface area contributed by atoms with Crippen LogP contribution in [0.25, 0.3) is 0 Å². The lowest BCUT2D eigenvalue weighted by atomic mass is 9.43. The molecule has 13 heteroatoms. The lowest BCUT2D eigenvalue weighted by molar-refractivity contribution is -0.165. The van der Waals surface area contributed by atoms with Crippen molar-refractivity contribution < 1.29 is 47.8 Å². The molecule has 0 aromatic rings. The van der Waals surface area contributed by atoms with Gasteiger partial charge in [-0.15, -0.1) is 0 Å². The van der Waals surface area contributed by atoms with E-state index in [1.165, 1.54) is 89.9 Å². The van der Waals surface area contributed by atoms with Crippen LogP contribution >= 0.6 is 0 Å². The van der Waals surface area contributed by atoms with Crippen LogP contribution in [0.2, 0.25) is 0 Å². The number of carbonyl (C=O) groups is 3. The molecule has 0 bridgehead atoms. The van der Waals surface area contributed by atoms with Crippen molar-refractivity contribution >= 4 is 28.7 Å². The minimum absolute atomic E-state index is 0.00947. The Morgan fingerprint density at radius 2 is 1.20 bits per heavy atom. The topological polar surface area (TPSA) is 202 Å². The average Bonchev–Trinajstić information content (AvgIpc) is 3.97. The quantitative estimate of drug-likeness (QED) is 0.0857. The second kappa shape index (κ2) is 32.0. The first-order chi connectivity index (χ1) is 35.9. The second-order valence-electron chi connectivity index (χ2n) is 24.8. The van der Waals surface area contributed by atoms with Gasteiger partial charge in [0.1, 0.15) is 6.79 Å². The maximum Gasteiger partial charge on any atom is 0.266 e. The van der Waals surface area contributed by atoms with E-state index in [0.29, 0.717) is 88.9 Å². The van der Waals surface area contributed by atoms with Gasteiger partial charge in [-0.2, -0.15) is 8.42 Å². The highest BCUT2D eigenvalue weighted by molar-refractivity contribution is 7.85. The van der Waals surface area contributed by atoms with Crippen LogP contribution < -0.4 is 5.32 Å². The van der Waals surface area contributed by atoms with E-state index in [2.05, 4.69) is 51.8 Å². The number of rotatable bonds is 15. The highest BCUT2D eigenvalue weighted by atomic mass is 32.2. The van der Waals surface area contributed by atoms with Crippen LogP contribution in [0.1, 0.15) is 231 Å². The van der Waals surface area contributed by atoms with Crippen LogP contribution in [0.15, 0.2) is 0 Å². The molecule has 8 fully saturated rings. The van der Waals surface area contributed by atoms with E-state index < -0.39 is 15.9 Å². The molecule has 0 aromatic carbocycles. The molecule has 8 aliphatic rings. The van der Waals surface area contributed by atoms with Gasteiger partial charge in [0.15, 0.2) is 0 Å². The van der Waals surface area contributed by atoms with E-state index in [0.717, 1.165) is 76.9 Å². The van der Waals surface area contributed by atoms with Crippen LogP contribution in [0.4, 0.5) is 0 Å². The molecule has 0 aromatic heterocycles. The Labute approximate surface area is 460 Å². The Kier molecular flexibility index (Phi) is 29.6. The zero-order valence-electron chi connectivity index (χ0n) is 50.5. The smallest absolute Gasteiger partial charge is 0.266 e. The van der Waals surface area contributed by atoms with E-state index in [-0.39, 0.29) is 42.5 Å². The van der Waals surface area contributed by atoms with Gasteiger partial charge in [-0.3, -0.25) is 14.1 Å². The third-order valence-corrected chi connectivity index (χ3v) is 23.2. The lowest BCUT2D eigenvalue weighted by Gasteiger charge is -2.64. The molecule has 6 N–H and O–H groups in total. The predicted octanol–water partition coefficient (Wildman–Crippen LogP) is 12.2. The normalized spacial score (nSPS) is 38.5. The van der Waals surface area contributed by atoms with Crippen molar-refractivity contribution in [3.8, 4) is 0 Å². The highest BCUT2D eigenvalue weighted by Gasteiger charge is 2.64. The molecule has 0 radical (unpaired) electrons. The number of aliphatic hydroxyl groups excluding tert-OH is 4. The fraction of sp³-hybridized carbons (Fsp3) is 0.952. The minimum atomic E-state index is -4.12. The molecule has 442 valence electrons. The Hall–Kier alpha value is -1.64. The van der Waals surface area contributed by atoms with Gasteiger partial charge in [0, 0.05) is 46.2 Å². The van der Waals surface area contributed by atoms with Gasteiger partial charge in [-0.05, 0) is 208 Å². The molecular formula is C62H118N2O10S. The second-order valence-corrected chi connectivity index (χ2v) is 26.3. The number of amides is 2. The first kappa shape index (κ1) is 69.5. The zero-order chi connectivity index (χ0) is 57.1. The van der Waals surface area contributed by atoms with E-state index in [1.54, 1.807) is 0 Å². The number of hydrogen-bond donors (Lipinski definition) is 6. The number of nitrogens with one attached hydrogen (secondary N) is 1. The van der Waals surface area contributed by atoms with Gasteiger partial charge in [0.2, 0.25) is 11.8 Å². The van der Waals surface area contributed by atoms with Crippen LogP contribution in [-0.2, 0) is 24.5 Å². The summed E-state index contributed by atoms with van der Waals surface area (Å²) in [6.45, 7) is 29.5. The highest BCUT2D eigenvalue weighted by Crippen LogP contribution is 2.71. The first-order valence-corrected chi connectivity index (χ1v) is 32.5. The van der Waals surface area contributed by atoms with Gasteiger partial charge in [0.05, 0.1) is 18.5 Å². The van der Waals surface area contributed by atoms with Crippen molar-refractivity contribution in [2.45, 2.75) is 243 Å². The third-order valence-electron chi connectivity index (χ3n) is 22.5. The molecule has 75 heavy (non-hydrogen) atoms. The summed E-state index contributed by atoms with van der Waals surface area (Å²) in [6, 6.07) is 0.166. The molecule has 8 saturated carbocycles. The summed E-state index contributed by atoms with van der Waals surface area (Å²) in [5.41, 5.74) is 1.17. The predicted molar refractivity (Wildman–Crippen MR) is 307 cm³/mol. The molecule has 12 nitrogen and oxygen atoms in total. The molecule has 8 rings (SSSR count). The Morgan fingerprint density at radius 1 is 0.667 bits per heavy atom. The lowest BCUT2D eigenvalue weighted by Crippen LogP contribution is -2.62. The van der Waals surface area contributed by atoms with E-state index in [1.807, 2.05) is 48.3 Å². The maximum atomic E-state index is 15.0. The van der Waals surface area contributed by atoms with Crippen LogP contribution in [0.5, 0.6) is 0 Å². The van der Waals surface area contributed by atoms with Crippen molar-refractivity contribution in [2.24, 2.45) is 92.7 Å². The van der Waals surface area contributed by atoms with E-state index in [4.69, 9.17) is 19.6 Å². The van der Waals surface area contributed by atoms with Crippen molar-refractivity contribution in [1.82, 2.24) is 10.2 Å². The van der Waals surface area contributed by atoms with Crippen molar-refractivity contribution in [3.63, 3.8) is 0 Å². The third kappa shape index (κ3) is 15.2. The molecule has 0 spiro atoms. The standard InChI is InChI=1S/C53H90N2O7S.3C2H6.2CH4O.CH2O/c1-7-35(12-19-47(58)54-28-31-63(60,61)62)41-16-18-44-49-45(23-27-53(41,44)6)50(3)24-9-8-10-36(50)33-46(49)55(29-30-56)48(59)20-11-34(2)40-15-17-42-39-14-13-37-32-38(57)21-25-51(37,4)43(39)22-26-52(40,42)5;6*1-2/h34-46,49,56-57H,7-33H2,1-6H3,(H,54,58)(H,60,61,62);3*1-2H3;2*2H,1H3;1H2/t34-,35+,36?,37?,38?,39?,40+,41?,42?,43?,44?,45?,46?,49?,50+,51?,52+,53?;;;;;;/m0....../s1. The summed E-state index contributed by atoms with van der Waals surface area (Å²) in [5.74, 6) is 6.96. The summed E-state index contributed by atoms with van der Waals surface area (Å²) in [7, 11) is -2.12. The Morgan fingerprint density at radius 3 is 1.81 bits per heavy atom. The van der Waals surface area contributed by atoms with Crippen LogP contribution in [-0.4, -0.2) is 109 Å². The molecule has 13 unspecified atom stereocenters. The van der Waals surface area contributed by atoms with E-state index in [9.17, 15) is 28.2 Å². The first-order valence-electron chi connectivity index (χ1n) is 30.9. The SMILES string of the molecule is C=O.CC.CC.CC.CC[C@H](CCC(=O)NCCS(=O)(=O)O)C1CCC2C3C(N(CCO)C(=O)CC[C@H](C)[C@H]4CCC5C6CCC7CC(O)CCC7(C)C6CC[C@@]54C)CC4CCCC[C@@]4(C)C3CCC21C.CO.CO. The summed E-state index contributed by atoms with van der Waals surface area (Å²) >= 11 is 0. The monoisotopic (exact) mass is 1080 g/mol. The molecule has 0 aliphatic heterocycles. The number of nitrogens with zero attached hydrogens (tertiary/aromatic N) is 1. The minimum Gasteiger partial charge on any atom is -0.400 e. The maximum absolute atomic E-state index is 15.0. The van der Waals surface area contributed by atoms with Crippen molar-refractivity contribution in [2.75, 3.05) is 39.7 Å². The number of fused-ring (bicyclic) bond motifs is 10. The molecule has 18 atom stereocenters. The fourth-order valence-corrected chi connectivity index (χ4v) is 19.7. The van der Waals surface area contributed by atoms with Gasteiger partial charge >= 0.3 is 0 Å². The Bertz CT molecular complexity index is 1770. The van der Waals surface area contributed by atoms with E-state index >= 15 is 0 Å². The summed E-state index contributed by atoms with van der Waals surface area (Å²) in [6.07, 6.45) is 25.6. The van der Waals surface area contributed by atoms with Crippen LogP contribution in [0, 0.1) is 92.7 Å². The van der Waals surface area contributed by atoms with Crippen LogP contribution in [0.3, 0.4) is 0 Å².